The largest absolute Gasteiger partial charge is 0.499 e. The number of allylic oxidation sites excluding steroid dienone is 8. The van der Waals surface area contributed by atoms with Crippen LogP contribution in [0.5, 0.6) is 11.5 Å². The van der Waals surface area contributed by atoms with Crippen LogP contribution in [0.4, 0.5) is 0 Å². The molecule has 2 aliphatic rings. The molecule has 0 saturated heterocycles. The monoisotopic (exact) mass is 644 g/mol. The van der Waals surface area contributed by atoms with Gasteiger partial charge in [0.05, 0.1) is 26.7 Å². The topological polar surface area (TPSA) is 78.9 Å². The van der Waals surface area contributed by atoms with Crippen molar-refractivity contribution in [1.82, 2.24) is 0 Å². The summed E-state index contributed by atoms with van der Waals surface area (Å²) < 4.78 is 17.1. The summed E-state index contributed by atoms with van der Waals surface area (Å²) in [6.07, 6.45) is 7.48. The number of rotatable bonds is 15. The molecule has 256 valence electrons. The predicted octanol–water partition coefficient (Wildman–Crippen LogP) is 9.61. The van der Waals surface area contributed by atoms with Gasteiger partial charge in [0.2, 0.25) is 0 Å². The minimum absolute atomic E-state index is 0.0422. The molecule has 0 aromatic heterocycles. The van der Waals surface area contributed by atoms with Crippen LogP contribution in [0.25, 0.3) is 0 Å². The number of hydrogen-bond acceptors (Lipinski definition) is 6. The van der Waals surface area contributed by atoms with Gasteiger partial charge in [0, 0.05) is 5.56 Å². The third-order valence-corrected chi connectivity index (χ3v) is 10.7. The summed E-state index contributed by atoms with van der Waals surface area (Å²) in [7, 11) is 4.51. The van der Waals surface area contributed by atoms with Crippen molar-refractivity contribution in [1.29, 1.82) is 0 Å². The van der Waals surface area contributed by atoms with E-state index < -0.39 is 27.8 Å². The summed E-state index contributed by atoms with van der Waals surface area (Å²) in [4.78, 5) is 45.6. The predicted molar refractivity (Wildman–Crippen MR) is 190 cm³/mol. The van der Waals surface area contributed by atoms with Crippen LogP contribution in [0.15, 0.2) is 77.1 Å². The molecule has 0 radical (unpaired) electrons. The van der Waals surface area contributed by atoms with Gasteiger partial charge in [-0.25, -0.2) is 0 Å². The van der Waals surface area contributed by atoms with E-state index in [9.17, 15) is 4.79 Å². The van der Waals surface area contributed by atoms with Crippen molar-refractivity contribution < 1.29 is 28.6 Å². The summed E-state index contributed by atoms with van der Waals surface area (Å²) in [6, 6.07) is 4.87. The number of Topliss-reactive ketones (excluding diaryl/α,β-unsaturated/α-hetero) is 3. The van der Waals surface area contributed by atoms with E-state index in [-0.39, 0.29) is 40.9 Å². The second-order valence-electron chi connectivity index (χ2n) is 14.8. The maximum Gasteiger partial charge on any atom is 0.200 e. The smallest absolute Gasteiger partial charge is 0.200 e. The van der Waals surface area contributed by atoms with Gasteiger partial charge in [-0.05, 0) is 116 Å². The minimum Gasteiger partial charge on any atom is -0.499 e. The Bertz CT molecular complexity index is 1530. The van der Waals surface area contributed by atoms with Gasteiger partial charge in [-0.15, -0.1) is 6.58 Å². The molecule has 3 rings (SSSR count). The van der Waals surface area contributed by atoms with Crippen molar-refractivity contribution >= 4 is 17.3 Å². The Kier molecular flexibility index (Phi) is 11.8. The zero-order valence-corrected chi connectivity index (χ0v) is 30.6. The normalized spacial score (nSPS) is 23.9. The highest BCUT2D eigenvalue weighted by atomic mass is 16.5. The van der Waals surface area contributed by atoms with Crippen molar-refractivity contribution in [3.8, 4) is 11.5 Å². The molecule has 1 saturated carbocycles. The highest BCUT2D eigenvalue weighted by molar-refractivity contribution is 6.35. The summed E-state index contributed by atoms with van der Waals surface area (Å²) in [5, 5.41) is 0. The van der Waals surface area contributed by atoms with Crippen LogP contribution >= 0.6 is 0 Å². The van der Waals surface area contributed by atoms with E-state index in [0.717, 1.165) is 29.6 Å². The molecule has 0 unspecified atom stereocenters. The lowest BCUT2D eigenvalue weighted by atomic mass is 9.39. The first-order valence-electron chi connectivity index (χ1n) is 16.7. The van der Waals surface area contributed by atoms with Gasteiger partial charge in [0.15, 0.2) is 28.8 Å². The molecule has 6 heteroatoms. The third-order valence-electron chi connectivity index (χ3n) is 10.7. The Morgan fingerprint density at radius 2 is 1.55 bits per heavy atom. The van der Waals surface area contributed by atoms with E-state index in [4.69, 9.17) is 14.2 Å². The van der Waals surface area contributed by atoms with Crippen LogP contribution < -0.4 is 9.47 Å². The van der Waals surface area contributed by atoms with E-state index >= 15 is 9.59 Å². The lowest BCUT2D eigenvalue weighted by Crippen LogP contribution is -2.67. The van der Waals surface area contributed by atoms with E-state index in [0.29, 0.717) is 30.8 Å². The highest BCUT2D eigenvalue weighted by Crippen LogP contribution is 2.67. The number of carbonyl (C=O) groups is 3. The molecule has 2 bridgehead atoms. The van der Waals surface area contributed by atoms with Gasteiger partial charge in [-0.2, -0.15) is 0 Å². The number of ether oxygens (including phenoxy) is 3. The molecule has 2 aliphatic carbocycles. The van der Waals surface area contributed by atoms with Crippen molar-refractivity contribution in [2.75, 3.05) is 21.3 Å². The van der Waals surface area contributed by atoms with Crippen LogP contribution in [0, 0.1) is 28.1 Å². The molecular weight excluding hydrogens is 588 g/mol. The number of fused-ring (bicyclic) bond motifs is 2. The molecule has 0 N–H and O–H groups in total. The average Bonchev–Trinajstić information content (AvgIpc) is 3.00. The van der Waals surface area contributed by atoms with Crippen LogP contribution in [-0.2, 0) is 14.3 Å². The van der Waals surface area contributed by atoms with Gasteiger partial charge in [0.1, 0.15) is 16.7 Å². The number of benzene rings is 1. The van der Waals surface area contributed by atoms with E-state index in [2.05, 4.69) is 33.1 Å². The first-order valence-corrected chi connectivity index (χ1v) is 16.7. The van der Waals surface area contributed by atoms with Gasteiger partial charge in [-0.1, -0.05) is 54.9 Å². The summed E-state index contributed by atoms with van der Waals surface area (Å²) in [5.74, 6) is -0.180. The summed E-state index contributed by atoms with van der Waals surface area (Å²) in [5.41, 5.74) is 0.922. The zero-order valence-electron chi connectivity index (χ0n) is 30.6. The Morgan fingerprint density at radius 1 is 0.936 bits per heavy atom. The fourth-order valence-electron chi connectivity index (χ4n) is 7.79. The molecule has 0 aliphatic heterocycles. The fourth-order valence-corrected chi connectivity index (χ4v) is 7.79. The lowest BCUT2D eigenvalue weighted by Gasteiger charge is -2.61. The molecule has 1 fully saturated rings. The minimum atomic E-state index is -1.49. The van der Waals surface area contributed by atoms with Crippen LogP contribution in [0.2, 0.25) is 0 Å². The first-order chi connectivity index (χ1) is 21.9. The average molecular weight is 645 g/mol. The zero-order chi connectivity index (χ0) is 35.5. The molecule has 47 heavy (non-hydrogen) atoms. The number of hydrogen-bond donors (Lipinski definition) is 0. The molecule has 0 amide bonds. The van der Waals surface area contributed by atoms with E-state index in [1.807, 2.05) is 47.6 Å². The van der Waals surface area contributed by atoms with E-state index in [1.54, 1.807) is 18.2 Å². The molecule has 1 aromatic rings. The van der Waals surface area contributed by atoms with Gasteiger partial charge in [0.25, 0.3) is 0 Å². The molecule has 6 nitrogen and oxygen atoms in total. The Morgan fingerprint density at radius 3 is 2.06 bits per heavy atom. The molecule has 0 spiro atoms. The van der Waals surface area contributed by atoms with E-state index in [1.165, 1.54) is 26.9 Å². The van der Waals surface area contributed by atoms with Gasteiger partial charge < -0.3 is 14.2 Å². The number of methoxy groups -OCH3 is 3. The fraction of sp³-hybridized carbons (Fsp3) is 0.537. The van der Waals surface area contributed by atoms with Gasteiger partial charge >= 0.3 is 0 Å². The first kappa shape index (κ1) is 37.8. The highest BCUT2D eigenvalue weighted by Gasteiger charge is 2.72. The molecule has 4 atom stereocenters. The van der Waals surface area contributed by atoms with Crippen molar-refractivity contribution in [2.45, 2.75) is 93.9 Å². The maximum atomic E-state index is 15.6. The lowest BCUT2D eigenvalue weighted by molar-refractivity contribution is -0.173. The van der Waals surface area contributed by atoms with Crippen LogP contribution in [0.3, 0.4) is 0 Å². The molecular formula is C41H56O6. The number of carbonyl (C=O) groups excluding carboxylic acids is 3. The maximum absolute atomic E-state index is 15.6. The SMILES string of the molecule is C=C(C)CC[C@H](C[C@]12C[C@H](CC=C(C)C)C(C)(C)[C@](CC=C(C)C)(C(=O)C(C(=O)c3ccc(OC)c(OC)c3)=C1OC)C2=O)C(=C)C. The van der Waals surface area contributed by atoms with Crippen molar-refractivity contribution in [3.05, 3.63) is 82.7 Å². The van der Waals surface area contributed by atoms with Crippen LogP contribution in [-0.4, -0.2) is 38.7 Å². The second kappa shape index (κ2) is 14.6. The third kappa shape index (κ3) is 6.84. The molecule has 0 heterocycles. The summed E-state index contributed by atoms with van der Waals surface area (Å²) in [6.45, 7) is 24.6. The van der Waals surface area contributed by atoms with Gasteiger partial charge in [-0.3, -0.25) is 14.4 Å². The number of ketones is 3. The Labute approximate surface area is 283 Å². The van der Waals surface area contributed by atoms with Crippen molar-refractivity contribution in [2.24, 2.45) is 28.1 Å². The summed E-state index contributed by atoms with van der Waals surface area (Å²) >= 11 is 0. The van der Waals surface area contributed by atoms with Crippen LogP contribution in [0.1, 0.15) is 104 Å². The molecule has 1 aromatic carbocycles. The standard InChI is InChI=1S/C41H56O6/c1-25(2)14-16-30(28(7)8)23-40-24-31(18-15-26(3)4)39(9,10)41(38(40)44,21-20-27(5)6)36(43)34(37(40)47-13)35(42)29-17-19-32(45-11)33(22-29)46-12/h15,17,19-20,22,30-31H,1,7,14,16,18,21,23-24H2,2-6,8-13H3/t30-,31+,40+,41-/m1/s1. The second-order valence-corrected chi connectivity index (χ2v) is 14.8. The Balaban J connectivity index is 2.50. The quantitative estimate of drug-likeness (QED) is 0.0819. The van der Waals surface area contributed by atoms with Crippen molar-refractivity contribution in [3.63, 3.8) is 0 Å². The Hall–Kier alpha value is -3.67.